The van der Waals surface area contributed by atoms with Gasteiger partial charge in [0.05, 0.1) is 25.0 Å². The molecule has 2 heterocycles. The highest BCUT2D eigenvalue weighted by Crippen LogP contribution is 2.15. The molecule has 2 N–H and O–H groups in total. The SMILES string of the molecule is COc1ccc(NC(=O)NC2CN(C(=O)OC(C)(C)C)C2)cn1. The van der Waals surface area contributed by atoms with E-state index in [9.17, 15) is 9.59 Å². The van der Waals surface area contributed by atoms with Gasteiger partial charge < -0.3 is 25.0 Å². The van der Waals surface area contributed by atoms with E-state index in [0.29, 0.717) is 24.7 Å². The fourth-order valence-corrected chi connectivity index (χ4v) is 1.97. The molecule has 0 atom stereocenters. The summed E-state index contributed by atoms with van der Waals surface area (Å²) in [6, 6.07) is 2.92. The Morgan fingerprint density at radius 1 is 1.30 bits per heavy atom. The van der Waals surface area contributed by atoms with Gasteiger partial charge in [0.1, 0.15) is 5.60 Å². The fourth-order valence-electron chi connectivity index (χ4n) is 1.97. The number of methoxy groups -OCH3 is 1. The first-order chi connectivity index (χ1) is 10.8. The Kier molecular flexibility index (Phi) is 4.92. The normalized spacial score (nSPS) is 14.7. The number of pyridine rings is 1. The van der Waals surface area contributed by atoms with Crippen LogP contribution in [-0.4, -0.2) is 53.9 Å². The molecule has 0 bridgehead atoms. The van der Waals surface area contributed by atoms with Gasteiger partial charge in [-0.05, 0) is 26.8 Å². The smallest absolute Gasteiger partial charge is 0.410 e. The maximum absolute atomic E-state index is 11.9. The van der Waals surface area contributed by atoms with Crippen LogP contribution in [0.1, 0.15) is 20.8 Å². The van der Waals surface area contributed by atoms with Gasteiger partial charge in [0.25, 0.3) is 0 Å². The first-order valence-corrected chi connectivity index (χ1v) is 7.32. The van der Waals surface area contributed by atoms with Gasteiger partial charge in [-0.1, -0.05) is 0 Å². The predicted octanol–water partition coefficient (Wildman–Crippen LogP) is 1.83. The van der Waals surface area contributed by atoms with Crippen LogP contribution in [0.5, 0.6) is 5.88 Å². The number of ether oxygens (including phenoxy) is 2. The third kappa shape index (κ3) is 5.01. The van der Waals surface area contributed by atoms with E-state index >= 15 is 0 Å². The van der Waals surface area contributed by atoms with Crippen LogP contribution in [0.2, 0.25) is 0 Å². The number of carbonyl (C=O) groups is 2. The van der Waals surface area contributed by atoms with Gasteiger partial charge in [-0.2, -0.15) is 0 Å². The van der Waals surface area contributed by atoms with Crippen molar-refractivity contribution in [3.05, 3.63) is 18.3 Å². The number of carbonyl (C=O) groups excluding carboxylic acids is 2. The molecule has 1 fully saturated rings. The first-order valence-electron chi connectivity index (χ1n) is 7.32. The zero-order valence-corrected chi connectivity index (χ0v) is 13.8. The number of nitrogens with zero attached hydrogens (tertiary/aromatic N) is 2. The van der Waals surface area contributed by atoms with Crippen LogP contribution in [0, 0.1) is 0 Å². The minimum Gasteiger partial charge on any atom is -0.481 e. The minimum atomic E-state index is -0.520. The van der Waals surface area contributed by atoms with E-state index in [0.717, 1.165) is 0 Å². The summed E-state index contributed by atoms with van der Waals surface area (Å²) >= 11 is 0. The van der Waals surface area contributed by atoms with Crippen LogP contribution in [0.15, 0.2) is 18.3 Å². The Morgan fingerprint density at radius 2 is 2.00 bits per heavy atom. The first kappa shape index (κ1) is 16.9. The van der Waals surface area contributed by atoms with Gasteiger partial charge in [0.15, 0.2) is 0 Å². The molecule has 0 unspecified atom stereocenters. The average Bonchev–Trinajstić information content (AvgIpc) is 2.41. The highest BCUT2D eigenvalue weighted by Gasteiger charge is 2.34. The number of hydrogen-bond acceptors (Lipinski definition) is 5. The Labute approximate surface area is 135 Å². The lowest BCUT2D eigenvalue weighted by Crippen LogP contribution is -2.62. The van der Waals surface area contributed by atoms with Gasteiger partial charge in [-0.3, -0.25) is 0 Å². The molecule has 1 saturated heterocycles. The summed E-state index contributed by atoms with van der Waals surface area (Å²) in [6.07, 6.45) is 1.14. The molecular formula is C15H22N4O4. The largest absolute Gasteiger partial charge is 0.481 e. The van der Waals surface area contributed by atoms with Crippen LogP contribution in [-0.2, 0) is 4.74 Å². The van der Waals surface area contributed by atoms with Gasteiger partial charge >= 0.3 is 12.1 Å². The van der Waals surface area contributed by atoms with E-state index in [4.69, 9.17) is 9.47 Å². The van der Waals surface area contributed by atoms with Crippen molar-refractivity contribution in [1.82, 2.24) is 15.2 Å². The lowest BCUT2D eigenvalue weighted by Gasteiger charge is -2.39. The van der Waals surface area contributed by atoms with Crippen molar-refractivity contribution in [2.24, 2.45) is 0 Å². The number of nitrogens with one attached hydrogen (secondary N) is 2. The van der Waals surface area contributed by atoms with Gasteiger partial charge in [-0.25, -0.2) is 14.6 Å². The van der Waals surface area contributed by atoms with E-state index in [2.05, 4.69) is 15.6 Å². The van der Waals surface area contributed by atoms with Crippen molar-refractivity contribution in [1.29, 1.82) is 0 Å². The minimum absolute atomic E-state index is 0.0891. The van der Waals surface area contributed by atoms with Gasteiger partial charge in [0.2, 0.25) is 5.88 Å². The zero-order chi connectivity index (χ0) is 17.0. The lowest BCUT2D eigenvalue weighted by molar-refractivity contribution is 0.00649. The van der Waals surface area contributed by atoms with E-state index < -0.39 is 5.60 Å². The third-order valence-corrected chi connectivity index (χ3v) is 3.07. The van der Waals surface area contributed by atoms with E-state index in [-0.39, 0.29) is 18.2 Å². The quantitative estimate of drug-likeness (QED) is 0.885. The van der Waals surface area contributed by atoms with Gasteiger partial charge in [0, 0.05) is 19.2 Å². The van der Waals surface area contributed by atoms with E-state index in [1.54, 1.807) is 17.0 Å². The number of amides is 3. The van der Waals surface area contributed by atoms with Crippen LogP contribution in [0.25, 0.3) is 0 Å². The molecular weight excluding hydrogens is 300 g/mol. The molecule has 23 heavy (non-hydrogen) atoms. The molecule has 0 radical (unpaired) electrons. The van der Waals surface area contributed by atoms with Crippen LogP contribution < -0.4 is 15.4 Å². The van der Waals surface area contributed by atoms with Gasteiger partial charge in [-0.15, -0.1) is 0 Å². The second-order valence-electron chi connectivity index (χ2n) is 6.27. The van der Waals surface area contributed by atoms with E-state index in [1.807, 2.05) is 20.8 Å². The van der Waals surface area contributed by atoms with Crippen LogP contribution in [0.4, 0.5) is 15.3 Å². The highest BCUT2D eigenvalue weighted by atomic mass is 16.6. The lowest BCUT2D eigenvalue weighted by atomic mass is 10.1. The topological polar surface area (TPSA) is 92.8 Å². The Balaban J connectivity index is 1.72. The van der Waals surface area contributed by atoms with Crippen molar-refractivity contribution >= 4 is 17.8 Å². The molecule has 1 aromatic rings. The number of anilines is 1. The molecule has 0 aromatic carbocycles. The molecule has 0 aliphatic carbocycles. The summed E-state index contributed by atoms with van der Waals surface area (Å²) in [6.45, 7) is 6.32. The van der Waals surface area contributed by atoms with Crippen molar-refractivity contribution in [2.45, 2.75) is 32.4 Å². The summed E-state index contributed by atoms with van der Waals surface area (Å²) in [4.78, 5) is 29.2. The maximum Gasteiger partial charge on any atom is 0.410 e. The number of likely N-dealkylation sites (tertiary alicyclic amines) is 1. The molecule has 1 aliphatic rings. The molecule has 1 aromatic heterocycles. The molecule has 8 heteroatoms. The summed E-state index contributed by atoms with van der Waals surface area (Å²) in [5.74, 6) is 0.475. The maximum atomic E-state index is 11.9. The summed E-state index contributed by atoms with van der Waals surface area (Å²) < 4.78 is 10.2. The highest BCUT2D eigenvalue weighted by molar-refractivity contribution is 5.89. The third-order valence-electron chi connectivity index (χ3n) is 3.07. The Morgan fingerprint density at radius 3 is 2.52 bits per heavy atom. The zero-order valence-electron chi connectivity index (χ0n) is 13.8. The summed E-state index contributed by atoms with van der Waals surface area (Å²) in [7, 11) is 1.52. The number of rotatable bonds is 3. The standard InChI is InChI=1S/C15H22N4O4/c1-15(2,3)23-14(21)19-8-11(9-19)18-13(20)17-10-5-6-12(22-4)16-7-10/h5-7,11H,8-9H2,1-4H3,(H2,17,18,20). The van der Waals surface area contributed by atoms with Crippen LogP contribution >= 0.6 is 0 Å². The second kappa shape index (κ2) is 6.72. The van der Waals surface area contributed by atoms with Crippen molar-refractivity contribution in [2.75, 3.05) is 25.5 Å². The number of aromatic nitrogens is 1. The van der Waals surface area contributed by atoms with Crippen molar-refractivity contribution < 1.29 is 19.1 Å². The fraction of sp³-hybridized carbons (Fsp3) is 0.533. The van der Waals surface area contributed by atoms with Crippen LogP contribution in [0.3, 0.4) is 0 Å². The molecule has 1 aliphatic heterocycles. The molecule has 8 nitrogen and oxygen atoms in total. The van der Waals surface area contributed by atoms with Crippen molar-refractivity contribution in [3.63, 3.8) is 0 Å². The Bertz CT molecular complexity index is 562. The van der Waals surface area contributed by atoms with Crippen molar-refractivity contribution in [3.8, 4) is 5.88 Å². The average molecular weight is 322 g/mol. The number of hydrogen-bond donors (Lipinski definition) is 2. The Hall–Kier alpha value is -2.51. The molecule has 2 rings (SSSR count). The molecule has 0 saturated carbocycles. The molecule has 126 valence electrons. The molecule has 0 spiro atoms. The number of urea groups is 1. The second-order valence-corrected chi connectivity index (χ2v) is 6.27. The summed E-state index contributed by atoms with van der Waals surface area (Å²) in [5.41, 5.74) is 0.0422. The summed E-state index contributed by atoms with van der Waals surface area (Å²) in [5, 5.41) is 5.45. The van der Waals surface area contributed by atoms with E-state index in [1.165, 1.54) is 13.3 Å². The molecule has 3 amide bonds. The monoisotopic (exact) mass is 322 g/mol. The predicted molar refractivity (Wildman–Crippen MR) is 84.5 cm³/mol.